The van der Waals surface area contributed by atoms with Gasteiger partial charge in [0, 0.05) is 42.4 Å². The van der Waals surface area contributed by atoms with Crippen molar-refractivity contribution in [2.45, 2.75) is 50.4 Å². The number of pyridine rings is 2. The van der Waals surface area contributed by atoms with Crippen LogP contribution in [0.1, 0.15) is 48.9 Å². The van der Waals surface area contributed by atoms with Gasteiger partial charge in [-0.15, -0.1) is 0 Å². The highest BCUT2D eigenvalue weighted by molar-refractivity contribution is 5.80. The van der Waals surface area contributed by atoms with Crippen molar-refractivity contribution in [2.75, 3.05) is 0 Å². The Morgan fingerprint density at radius 2 is 2.17 bits per heavy atom. The summed E-state index contributed by atoms with van der Waals surface area (Å²) < 4.78 is 0. The fourth-order valence-corrected chi connectivity index (χ4v) is 4.70. The van der Waals surface area contributed by atoms with E-state index in [1.54, 1.807) is 0 Å². The van der Waals surface area contributed by atoms with Gasteiger partial charge in [-0.3, -0.25) is 9.78 Å². The molecule has 124 valence electrons. The van der Waals surface area contributed by atoms with Crippen LogP contribution in [0.5, 0.6) is 5.88 Å². The molecule has 2 aliphatic rings. The van der Waals surface area contributed by atoms with E-state index in [4.69, 9.17) is 0 Å². The molecular weight excluding hydrogens is 300 g/mol. The molecule has 1 saturated carbocycles. The first kappa shape index (κ1) is 15.3. The number of hydrogen-bond donors (Lipinski definition) is 1. The minimum Gasteiger partial charge on any atom is -0.493 e. The summed E-state index contributed by atoms with van der Waals surface area (Å²) in [7, 11) is 0. The maximum absolute atomic E-state index is 12.1. The number of rotatable bonds is 2. The molecule has 4 rings (SSSR count). The summed E-state index contributed by atoms with van der Waals surface area (Å²) in [6.07, 6.45) is 9.71. The Hall–Kier alpha value is -2.23. The predicted octanol–water partition coefficient (Wildman–Crippen LogP) is 3.37. The average molecular weight is 322 g/mol. The van der Waals surface area contributed by atoms with E-state index >= 15 is 0 Å². The molecule has 2 aromatic heterocycles. The Morgan fingerprint density at radius 1 is 1.25 bits per heavy atom. The van der Waals surface area contributed by atoms with E-state index in [-0.39, 0.29) is 11.3 Å². The highest BCUT2D eigenvalue weighted by Gasteiger charge is 2.46. The highest BCUT2D eigenvalue weighted by atomic mass is 16.3. The number of carbonyl (C=O) groups is 1. The number of hydrogen-bond acceptors (Lipinski definition) is 4. The van der Waals surface area contributed by atoms with Gasteiger partial charge in [-0.1, -0.05) is 6.07 Å². The third kappa shape index (κ3) is 2.60. The highest BCUT2D eigenvalue weighted by Crippen LogP contribution is 2.50. The zero-order valence-corrected chi connectivity index (χ0v) is 13.7. The first-order chi connectivity index (χ1) is 11.7. The molecular formula is C20H22N2O2. The van der Waals surface area contributed by atoms with Crippen LogP contribution in [-0.2, 0) is 23.1 Å². The van der Waals surface area contributed by atoms with Crippen LogP contribution in [0.3, 0.4) is 0 Å². The molecule has 0 bridgehead atoms. The number of fused-ring (bicyclic) bond motifs is 3. The van der Waals surface area contributed by atoms with Crippen LogP contribution < -0.4 is 0 Å². The van der Waals surface area contributed by atoms with Crippen LogP contribution in [0, 0.1) is 5.92 Å². The first-order valence-corrected chi connectivity index (χ1v) is 8.77. The SMILES string of the molecule is O=C1CC[C@@]2(Cc3ccccn3)c3cnc(O)cc3CCC[C@@H]2C1. The van der Waals surface area contributed by atoms with Crippen molar-refractivity contribution in [1.82, 2.24) is 9.97 Å². The van der Waals surface area contributed by atoms with E-state index in [0.29, 0.717) is 24.5 Å². The molecule has 0 aliphatic heterocycles. The summed E-state index contributed by atoms with van der Waals surface area (Å²) in [5.74, 6) is 0.812. The van der Waals surface area contributed by atoms with Crippen molar-refractivity contribution in [3.63, 3.8) is 0 Å². The third-order valence-electron chi connectivity index (χ3n) is 5.84. The Morgan fingerprint density at radius 3 is 3.00 bits per heavy atom. The number of nitrogens with zero attached hydrogens (tertiary/aromatic N) is 2. The molecule has 2 atom stereocenters. The van der Waals surface area contributed by atoms with Gasteiger partial charge < -0.3 is 5.11 Å². The van der Waals surface area contributed by atoms with E-state index in [1.807, 2.05) is 30.6 Å². The van der Waals surface area contributed by atoms with Crippen LogP contribution in [0.2, 0.25) is 0 Å². The van der Waals surface area contributed by atoms with Gasteiger partial charge in [-0.25, -0.2) is 4.98 Å². The van der Waals surface area contributed by atoms with Gasteiger partial charge in [-0.2, -0.15) is 0 Å². The summed E-state index contributed by atoms with van der Waals surface area (Å²) in [6.45, 7) is 0. The van der Waals surface area contributed by atoms with Crippen LogP contribution in [0.15, 0.2) is 36.7 Å². The minimum atomic E-state index is -0.0885. The van der Waals surface area contributed by atoms with Crippen molar-refractivity contribution >= 4 is 5.78 Å². The fraction of sp³-hybridized carbons (Fsp3) is 0.450. The molecule has 0 unspecified atom stereocenters. The molecule has 0 spiro atoms. The topological polar surface area (TPSA) is 63.1 Å². The third-order valence-corrected chi connectivity index (χ3v) is 5.84. The maximum Gasteiger partial charge on any atom is 0.210 e. The smallest absolute Gasteiger partial charge is 0.210 e. The number of carbonyl (C=O) groups excluding carboxylic acids is 1. The molecule has 1 fully saturated rings. The summed E-state index contributed by atoms with van der Waals surface area (Å²) in [4.78, 5) is 20.8. The number of ketones is 1. The predicted molar refractivity (Wildman–Crippen MR) is 90.8 cm³/mol. The molecule has 4 heteroatoms. The number of Topliss-reactive ketones (excluding diaryl/α,β-unsaturated/α-hetero) is 1. The van der Waals surface area contributed by atoms with E-state index in [1.165, 1.54) is 11.1 Å². The second-order valence-electron chi connectivity index (χ2n) is 7.19. The summed E-state index contributed by atoms with van der Waals surface area (Å²) in [5, 5.41) is 9.81. The van der Waals surface area contributed by atoms with E-state index in [9.17, 15) is 9.90 Å². The Balaban J connectivity index is 1.84. The van der Waals surface area contributed by atoms with Crippen molar-refractivity contribution in [3.05, 3.63) is 53.5 Å². The van der Waals surface area contributed by atoms with Gasteiger partial charge in [0.1, 0.15) is 5.78 Å². The molecule has 2 aromatic rings. The lowest BCUT2D eigenvalue weighted by Crippen LogP contribution is -2.42. The standard InChI is InChI=1S/C20H22N2O2/c23-17-7-8-20(12-16-6-1-2-9-21-16)15(11-17)5-3-4-14-10-19(24)22-13-18(14)20/h1-2,6,9-10,13,15H,3-5,7-8,11-12H2,(H,22,24)/t15-,20+/m1/s1. The van der Waals surface area contributed by atoms with Crippen LogP contribution in [0.4, 0.5) is 0 Å². The fourth-order valence-electron chi connectivity index (χ4n) is 4.70. The van der Waals surface area contributed by atoms with Gasteiger partial charge in [0.25, 0.3) is 0 Å². The zero-order chi connectivity index (χ0) is 16.6. The quantitative estimate of drug-likeness (QED) is 0.921. The molecule has 4 nitrogen and oxygen atoms in total. The molecule has 0 amide bonds. The zero-order valence-electron chi connectivity index (χ0n) is 13.7. The van der Waals surface area contributed by atoms with E-state index < -0.39 is 0 Å². The van der Waals surface area contributed by atoms with Gasteiger partial charge in [0.15, 0.2) is 0 Å². The lowest BCUT2D eigenvalue weighted by atomic mass is 9.59. The normalized spacial score (nSPS) is 26.3. The van der Waals surface area contributed by atoms with Crippen LogP contribution >= 0.6 is 0 Å². The van der Waals surface area contributed by atoms with Gasteiger partial charge in [0.05, 0.1) is 0 Å². The molecule has 0 saturated heterocycles. The molecule has 0 radical (unpaired) electrons. The van der Waals surface area contributed by atoms with Crippen LogP contribution in [-0.4, -0.2) is 20.9 Å². The largest absolute Gasteiger partial charge is 0.493 e. The lowest BCUT2D eigenvalue weighted by molar-refractivity contribution is -0.123. The molecule has 0 aromatic carbocycles. The van der Waals surface area contributed by atoms with Crippen molar-refractivity contribution in [1.29, 1.82) is 0 Å². The summed E-state index contributed by atoms with van der Waals surface area (Å²) in [5.41, 5.74) is 3.39. The molecule has 24 heavy (non-hydrogen) atoms. The van der Waals surface area contributed by atoms with Crippen molar-refractivity contribution < 1.29 is 9.90 Å². The maximum atomic E-state index is 12.1. The minimum absolute atomic E-state index is 0.0885. The van der Waals surface area contributed by atoms with Crippen LogP contribution in [0.25, 0.3) is 0 Å². The van der Waals surface area contributed by atoms with Crippen molar-refractivity contribution in [2.24, 2.45) is 5.92 Å². The monoisotopic (exact) mass is 322 g/mol. The number of aromatic nitrogens is 2. The van der Waals surface area contributed by atoms with E-state index in [0.717, 1.165) is 37.8 Å². The second kappa shape index (κ2) is 6.00. The first-order valence-electron chi connectivity index (χ1n) is 8.77. The van der Waals surface area contributed by atoms with Gasteiger partial charge in [0.2, 0.25) is 5.88 Å². The Labute approximate surface area is 142 Å². The number of aryl methyl sites for hydroxylation is 1. The molecule has 1 N–H and O–H groups in total. The van der Waals surface area contributed by atoms with Gasteiger partial charge in [-0.05, 0) is 61.3 Å². The Kier molecular flexibility index (Phi) is 3.83. The summed E-state index contributed by atoms with van der Waals surface area (Å²) in [6, 6.07) is 7.84. The van der Waals surface area contributed by atoms with Gasteiger partial charge >= 0.3 is 0 Å². The number of aromatic hydroxyl groups is 1. The molecule has 2 heterocycles. The van der Waals surface area contributed by atoms with Crippen molar-refractivity contribution in [3.8, 4) is 5.88 Å². The molecule has 2 aliphatic carbocycles. The summed E-state index contributed by atoms with van der Waals surface area (Å²) >= 11 is 0. The average Bonchev–Trinajstić information content (AvgIpc) is 2.72. The Bertz CT molecular complexity index is 759. The van der Waals surface area contributed by atoms with E-state index in [2.05, 4.69) is 16.0 Å². The lowest BCUT2D eigenvalue weighted by Gasteiger charge is -2.44. The second-order valence-corrected chi connectivity index (χ2v) is 7.19.